The van der Waals surface area contributed by atoms with Gasteiger partial charge in [0.15, 0.2) is 6.10 Å². The van der Waals surface area contributed by atoms with Gasteiger partial charge >= 0.3 is 11.9 Å². The van der Waals surface area contributed by atoms with E-state index in [1.165, 1.54) is 69.3 Å². The third-order valence-electron chi connectivity index (χ3n) is 11.4. The van der Waals surface area contributed by atoms with E-state index in [1.807, 2.05) is 35.0 Å². The zero-order valence-electron chi connectivity index (χ0n) is 39.0. The summed E-state index contributed by atoms with van der Waals surface area (Å²) < 4.78 is 40.2. The van der Waals surface area contributed by atoms with Crippen molar-refractivity contribution in [2.75, 3.05) is 54.1 Å². The van der Waals surface area contributed by atoms with Crippen molar-refractivity contribution in [3.63, 3.8) is 0 Å². The minimum absolute atomic E-state index is 0.0435. The van der Waals surface area contributed by atoms with Crippen molar-refractivity contribution >= 4 is 19.8 Å². The minimum Gasteiger partial charge on any atom is -0.756 e. The summed E-state index contributed by atoms with van der Waals surface area (Å²) >= 11 is 0. The summed E-state index contributed by atoms with van der Waals surface area (Å²) in [4.78, 5) is 37.7. The maximum atomic E-state index is 13.1. The number of phosphoric ester groups is 1. The highest BCUT2D eigenvalue weighted by Gasteiger charge is 2.51. The van der Waals surface area contributed by atoms with E-state index >= 15 is 0 Å². The molecule has 1 rings (SSSR count). The van der Waals surface area contributed by atoms with Gasteiger partial charge in [-0.15, -0.1) is 10.3 Å². The Morgan fingerprint density at radius 1 is 0.661 bits per heavy atom. The molecule has 1 saturated heterocycles. The van der Waals surface area contributed by atoms with Crippen molar-refractivity contribution in [3.05, 3.63) is 0 Å². The van der Waals surface area contributed by atoms with Crippen LogP contribution in [0.5, 0.6) is 0 Å². The summed E-state index contributed by atoms with van der Waals surface area (Å²) in [5.74, 6) is -0.873. The van der Waals surface area contributed by atoms with Crippen LogP contribution in [0.3, 0.4) is 0 Å². The van der Waals surface area contributed by atoms with E-state index in [-0.39, 0.29) is 26.1 Å². The molecule has 0 amide bonds. The van der Waals surface area contributed by atoms with Gasteiger partial charge in [-0.1, -0.05) is 149 Å². The Hall–Kier alpha value is -1.11. The predicted molar refractivity (Wildman–Crippen MR) is 234 cm³/mol. The van der Waals surface area contributed by atoms with E-state index in [9.17, 15) is 24.3 Å². The Bertz CT molecular complexity index is 1120. The number of rotatable bonds is 40. The first-order valence-electron chi connectivity index (χ1n) is 23.9. The van der Waals surface area contributed by atoms with Gasteiger partial charge in [-0.2, -0.15) is 0 Å². The number of hydrogen-bond acceptors (Lipinski definition) is 10. The van der Waals surface area contributed by atoms with Crippen molar-refractivity contribution < 1.29 is 52.0 Å². The molecule has 1 aliphatic rings. The van der Waals surface area contributed by atoms with Crippen LogP contribution >= 0.6 is 7.82 Å². The number of esters is 2. The summed E-state index contributed by atoms with van der Waals surface area (Å²) in [6, 6.07) is 0. The first kappa shape index (κ1) is 55.9. The zero-order valence-corrected chi connectivity index (χ0v) is 39.9. The molecular weight excluding hydrogens is 771 g/mol. The quantitative estimate of drug-likeness (QED) is 0.0253. The Morgan fingerprint density at radius 2 is 1.08 bits per heavy atom. The maximum absolute atomic E-state index is 13.1. The average Bonchev–Trinajstić information content (AvgIpc) is 3.40. The molecule has 0 saturated carbocycles. The van der Waals surface area contributed by atoms with Crippen LogP contribution in [0.25, 0.3) is 0 Å². The minimum atomic E-state index is -4.65. The van der Waals surface area contributed by atoms with Crippen molar-refractivity contribution in [3.8, 4) is 0 Å². The number of carbonyl (C=O) groups excluding carboxylic acids is 2. The highest BCUT2D eigenvalue weighted by Crippen LogP contribution is 2.41. The molecule has 0 aromatic rings. The zero-order chi connectivity index (χ0) is 43.9. The Labute approximate surface area is 361 Å². The molecule has 0 aromatic carbocycles. The second-order valence-corrected chi connectivity index (χ2v) is 20.3. The van der Waals surface area contributed by atoms with Gasteiger partial charge in [0.05, 0.1) is 39.9 Å². The number of hydroxylamine groups is 2. The maximum Gasteiger partial charge on any atom is 0.306 e. The van der Waals surface area contributed by atoms with Crippen molar-refractivity contribution in [2.45, 2.75) is 231 Å². The molecule has 1 radical (unpaired) electrons. The summed E-state index contributed by atoms with van der Waals surface area (Å²) in [7, 11) is 1.12. The lowest BCUT2D eigenvalue weighted by Gasteiger charge is -2.35. The first-order valence-corrected chi connectivity index (χ1v) is 25.4. The topological polar surface area (TPSA) is 144 Å². The lowest BCUT2D eigenvalue weighted by Crippen LogP contribution is -2.49. The molecule has 3 atom stereocenters. The van der Waals surface area contributed by atoms with Crippen LogP contribution in [0.15, 0.2) is 0 Å². The van der Waals surface area contributed by atoms with Crippen molar-refractivity contribution in [2.24, 2.45) is 0 Å². The van der Waals surface area contributed by atoms with Gasteiger partial charge < -0.3 is 32.6 Å². The lowest BCUT2D eigenvalue weighted by atomic mass is 9.95. The van der Waals surface area contributed by atoms with Gasteiger partial charge in [0, 0.05) is 12.8 Å². The summed E-state index contributed by atoms with van der Waals surface area (Å²) in [6.07, 6.45) is 29.1. The largest absolute Gasteiger partial charge is 0.756 e. The van der Waals surface area contributed by atoms with Gasteiger partial charge in [0.2, 0.25) is 0 Å². The molecule has 59 heavy (non-hydrogen) atoms. The van der Waals surface area contributed by atoms with Crippen molar-refractivity contribution in [1.82, 2.24) is 5.06 Å². The van der Waals surface area contributed by atoms with Crippen molar-refractivity contribution in [1.29, 1.82) is 0 Å². The van der Waals surface area contributed by atoms with Gasteiger partial charge in [0.1, 0.15) is 25.5 Å². The normalized spacial score (nSPS) is 18.5. The van der Waals surface area contributed by atoms with E-state index in [4.69, 9.17) is 23.3 Å². The summed E-state index contributed by atoms with van der Waals surface area (Å²) in [5, 5.41) is 14.4. The van der Waals surface area contributed by atoms with Crippen LogP contribution < -0.4 is 4.89 Å². The smallest absolute Gasteiger partial charge is 0.306 e. The van der Waals surface area contributed by atoms with Crippen LogP contribution in [0.1, 0.15) is 214 Å². The molecule has 1 fully saturated rings. The Balaban J connectivity index is 2.35. The molecule has 13 heteroatoms. The van der Waals surface area contributed by atoms with Gasteiger partial charge in [-0.25, -0.2) is 0 Å². The van der Waals surface area contributed by atoms with E-state index < -0.39 is 43.7 Å². The third kappa shape index (κ3) is 29.0. The molecule has 1 aliphatic heterocycles. The number of quaternary nitrogens is 1. The average molecular weight is 862 g/mol. The van der Waals surface area contributed by atoms with E-state index in [1.54, 1.807) is 0 Å². The molecule has 0 spiro atoms. The predicted octanol–water partition coefficient (Wildman–Crippen LogP) is 11.2. The molecule has 0 aliphatic carbocycles. The second kappa shape index (κ2) is 32.5. The molecule has 0 aromatic heterocycles. The van der Waals surface area contributed by atoms with E-state index in [0.29, 0.717) is 24.1 Å². The van der Waals surface area contributed by atoms with Crippen LogP contribution in [-0.4, -0.2) is 93.0 Å². The lowest BCUT2D eigenvalue weighted by molar-refractivity contribution is -0.870. The number of hydrogen-bond donors (Lipinski definition) is 0. The van der Waals surface area contributed by atoms with Crippen LogP contribution in [0.2, 0.25) is 0 Å². The molecule has 12 nitrogen and oxygen atoms in total. The molecule has 1 heterocycles. The molecule has 0 bridgehead atoms. The number of nitrogens with zero attached hydrogens (tertiary/aromatic N) is 2. The monoisotopic (exact) mass is 862 g/mol. The third-order valence-corrected chi connectivity index (χ3v) is 12.3. The number of ether oxygens (including phenoxy) is 3. The van der Waals surface area contributed by atoms with Crippen LogP contribution in [-0.2, 0) is 42.6 Å². The molecule has 2 unspecified atom stereocenters. The SMILES string of the molecule is CCCCCCCCCCCCCCCC(=O)OC[C@H](COP(=O)([O-])OCC[N+](C)(C)C)OC(=O)CCCCCCCCCCCC1(CCCCC)OCC(C)(C)N1[O]. The molecular formula is C46H90N2O10P. The van der Waals surface area contributed by atoms with Crippen LogP contribution in [0.4, 0.5) is 0 Å². The van der Waals surface area contributed by atoms with E-state index in [2.05, 4.69) is 13.8 Å². The van der Waals surface area contributed by atoms with E-state index in [0.717, 1.165) is 103 Å². The second-order valence-electron chi connectivity index (χ2n) is 18.9. The number of phosphoric acid groups is 1. The fraction of sp³-hybridized carbons (Fsp3) is 0.957. The van der Waals surface area contributed by atoms with Gasteiger partial charge in [-0.05, 0) is 52.4 Å². The number of likely N-dealkylation sites (N-methyl/N-ethyl adjacent to an activating group) is 1. The van der Waals surface area contributed by atoms with Crippen LogP contribution in [0, 0.1) is 0 Å². The molecule has 349 valence electrons. The molecule has 0 N–H and O–H groups in total. The Kier molecular flexibility index (Phi) is 30.8. The highest BCUT2D eigenvalue weighted by molar-refractivity contribution is 7.45. The fourth-order valence-corrected chi connectivity index (χ4v) is 8.28. The summed E-state index contributed by atoms with van der Waals surface area (Å²) in [6.45, 7) is 8.51. The standard InChI is InChI=1S/C46H90N2O10P/c1-8-10-12-13-14-15-16-17-18-20-23-26-29-33-43(49)54-39-42(40-57-59(52,53)56-38-37-48(5,6)7)58-44(50)34-30-27-24-21-19-22-25-28-32-36-46(35-31-11-9-2)47(51)45(3,4)41-55-46/h42H,8-41H2,1-7H3/t42-,46?/m1/s1. The fourth-order valence-electron chi connectivity index (χ4n) is 7.56. The summed E-state index contributed by atoms with van der Waals surface area (Å²) in [5.41, 5.74) is -1.14. The number of carbonyl (C=O) groups is 2. The Morgan fingerprint density at radius 3 is 1.54 bits per heavy atom. The van der Waals surface area contributed by atoms with Gasteiger partial charge in [0.25, 0.3) is 7.82 Å². The first-order chi connectivity index (χ1) is 28.1. The number of unbranched alkanes of at least 4 members (excludes halogenated alkanes) is 22. The highest BCUT2D eigenvalue weighted by atomic mass is 31.2. The van der Waals surface area contributed by atoms with Gasteiger partial charge in [-0.3, -0.25) is 14.2 Å².